The van der Waals surface area contributed by atoms with E-state index in [0.717, 1.165) is 12.1 Å². The highest BCUT2D eigenvalue weighted by Gasteiger charge is 2.37. The predicted octanol–water partition coefficient (Wildman–Crippen LogP) is 1.85. The fraction of sp³-hybridized carbons (Fsp3) is 0.500. The van der Waals surface area contributed by atoms with Crippen LogP contribution in [0.3, 0.4) is 0 Å². The molecule has 1 aliphatic carbocycles. The van der Waals surface area contributed by atoms with Gasteiger partial charge in [0.15, 0.2) is 0 Å². The summed E-state index contributed by atoms with van der Waals surface area (Å²) < 4.78 is 0. The van der Waals surface area contributed by atoms with Crippen LogP contribution in [0.2, 0.25) is 0 Å². The lowest BCUT2D eigenvalue weighted by atomic mass is 10.0. The second kappa shape index (κ2) is 10.2. The summed E-state index contributed by atoms with van der Waals surface area (Å²) >= 11 is 0. The standard InChI is InChI=1S/C24H33N7O2/c1-16(2)27-8-4-5-23(32)30-14-19(15-30)31(13-17-6-7-17)21-9-18(10-28-24(21)33)20-11-26-12-22(25-3)29-20/h4-5,9-12,16-17,19,27H,6-8,13-15H2,1-3H3,(H,25,29)(H,28,33)/b5-4+. The molecule has 9 nitrogen and oxygen atoms in total. The number of likely N-dealkylation sites (tertiary alicyclic amines) is 1. The molecule has 4 rings (SSSR count). The topological polar surface area (TPSA) is 106 Å². The maximum absolute atomic E-state index is 12.8. The lowest BCUT2D eigenvalue weighted by molar-refractivity contribution is -0.130. The SMILES string of the molecule is CNc1cncc(-c2c[nH]c(=O)c(N(CC3CC3)C3CN(C(=O)/C=C/CNC(C)C)C3)c2)n1. The van der Waals surface area contributed by atoms with Gasteiger partial charge in [0.05, 0.1) is 24.1 Å². The maximum atomic E-state index is 12.8. The monoisotopic (exact) mass is 451 g/mol. The molecule has 0 aromatic carbocycles. The van der Waals surface area contributed by atoms with Crippen LogP contribution in [0.5, 0.6) is 0 Å². The third-order valence-corrected chi connectivity index (χ3v) is 6.05. The van der Waals surface area contributed by atoms with E-state index in [1.807, 2.05) is 17.0 Å². The van der Waals surface area contributed by atoms with Gasteiger partial charge in [0.25, 0.3) is 5.56 Å². The van der Waals surface area contributed by atoms with Gasteiger partial charge in [-0.15, -0.1) is 0 Å². The highest BCUT2D eigenvalue weighted by molar-refractivity contribution is 5.88. The van der Waals surface area contributed by atoms with E-state index in [4.69, 9.17) is 0 Å². The van der Waals surface area contributed by atoms with Crippen LogP contribution >= 0.6 is 0 Å². The van der Waals surface area contributed by atoms with E-state index in [-0.39, 0.29) is 17.5 Å². The van der Waals surface area contributed by atoms with E-state index in [2.05, 4.69) is 44.3 Å². The van der Waals surface area contributed by atoms with Crippen LogP contribution in [-0.2, 0) is 4.79 Å². The molecule has 2 aliphatic rings. The van der Waals surface area contributed by atoms with Gasteiger partial charge >= 0.3 is 0 Å². The molecule has 0 atom stereocenters. The number of nitrogens with zero attached hydrogens (tertiary/aromatic N) is 4. The van der Waals surface area contributed by atoms with Crippen molar-refractivity contribution in [1.29, 1.82) is 0 Å². The number of hydrogen-bond donors (Lipinski definition) is 3. The number of nitrogens with one attached hydrogen (secondary N) is 3. The first-order chi connectivity index (χ1) is 15.9. The van der Waals surface area contributed by atoms with Crippen molar-refractivity contribution < 1.29 is 4.79 Å². The Morgan fingerprint density at radius 1 is 1.33 bits per heavy atom. The molecular weight excluding hydrogens is 418 g/mol. The molecule has 1 aliphatic heterocycles. The zero-order valence-corrected chi connectivity index (χ0v) is 19.5. The Labute approximate surface area is 194 Å². The molecule has 1 amide bonds. The van der Waals surface area contributed by atoms with E-state index in [9.17, 15) is 9.59 Å². The Morgan fingerprint density at radius 2 is 2.12 bits per heavy atom. The van der Waals surface area contributed by atoms with Crippen LogP contribution in [0.1, 0.15) is 26.7 Å². The highest BCUT2D eigenvalue weighted by Crippen LogP contribution is 2.33. The minimum absolute atomic E-state index is 0.0185. The van der Waals surface area contributed by atoms with Crippen molar-refractivity contribution in [3.8, 4) is 11.3 Å². The number of hydrogen-bond acceptors (Lipinski definition) is 7. The molecule has 0 unspecified atom stereocenters. The first-order valence-electron chi connectivity index (χ1n) is 11.6. The van der Waals surface area contributed by atoms with Gasteiger partial charge in [-0.05, 0) is 24.8 Å². The van der Waals surface area contributed by atoms with Crippen molar-refractivity contribution >= 4 is 17.4 Å². The normalized spacial score (nSPS) is 16.3. The lowest BCUT2D eigenvalue weighted by Gasteiger charge is -2.46. The third kappa shape index (κ3) is 5.78. The minimum atomic E-state index is -0.124. The van der Waals surface area contributed by atoms with Gasteiger partial charge in [-0.25, -0.2) is 4.98 Å². The number of amides is 1. The summed E-state index contributed by atoms with van der Waals surface area (Å²) in [6.07, 6.45) is 10.9. The van der Waals surface area contributed by atoms with E-state index in [1.165, 1.54) is 12.8 Å². The summed E-state index contributed by atoms with van der Waals surface area (Å²) in [4.78, 5) is 41.0. The number of carbonyl (C=O) groups is 1. The fourth-order valence-electron chi connectivity index (χ4n) is 3.88. The zero-order chi connectivity index (χ0) is 23.4. The molecule has 0 bridgehead atoms. The molecule has 3 heterocycles. The van der Waals surface area contributed by atoms with E-state index in [0.29, 0.717) is 48.8 Å². The quantitative estimate of drug-likeness (QED) is 0.474. The van der Waals surface area contributed by atoms with Crippen molar-refractivity contribution in [1.82, 2.24) is 25.2 Å². The van der Waals surface area contributed by atoms with Crippen molar-refractivity contribution in [3.05, 3.63) is 47.2 Å². The van der Waals surface area contributed by atoms with Gasteiger partial charge in [0, 0.05) is 57.1 Å². The number of anilines is 2. The number of aromatic amines is 1. The van der Waals surface area contributed by atoms with Crippen molar-refractivity contribution in [2.24, 2.45) is 5.92 Å². The molecular formula is C24H33N7O2. The Kier molecular flexibility index (Phi) is 7.08. The van der Waals surface area contributed by atoms with Gasteiger partial charge in [-0.2, -0.15) is 0 Å². The van der Waals surface area contributed by atoms with Gasteiger partial charge in [0.2, 0.25) is 5.91 Å². The second-order valence-corrected chi connectivity index (χ2v) is 9.10. The van der Waals surface area contributed by atoms with Gasteiger partial charge < -0.3 is 25.4 Å². The number of carbonyl (C=O) groups excluding carboxylic acids is 1. The first-order valence-corrected chi connectivity index (χ1v) is 11.6. The first kappa shape index (κ1) is 23.0. The molecule has 2 aromatic heterocycles. The van der Waals surface area contributed by atoms with Gasteiger partial charge in [0.1, 0.15) is 11.5 Å². The van der Waals surface area contributed by atoms with Crippen molar-refractivity contribution in [2.45, 2.75) is 38.8 Å². The minimum Gasteiger partial charge on any atom is -0.372 e. The molecule has 9 heteroatoms. The highest BCUT2D eigenvalue weighted by atomic mass is 16.2. The summed E-state index contributed by atoms with van der Waals surface area (Å²) in [6.45, 7) is 6.89. The fourth-order valence-corrected chi connectivity index (χ4v) is 3.88. The van der Waals surface area contributed by atoms with Crippen LogP contribution < -0.4 is 21.1 Å². The average Bonchev–Trinajstić information content (AvgIpc) is 3.59. The summed E-state index contributed by atoms with van der Waals surface area (Å²) in [5, 5.41) is 6.26. The smallest absolute Gasteiger partial charge is 0.271 e. The summed E-state index contributed by atoms with van der Waals surface area (Å²) in [6, 6.07) is 2.41. The summed E-state index contributed by atoms with van der Waals surface area (Å²) in [5.41, 5.74) is 2.01. The molecule has 1 saturated heterocycles. The van der Waals surface area contributed by atoms with E-state index >= 15 is 0 Å². The van der Waals surface area contributed by atoms with Gasteiger partial charge in [-0.1, -0.05) is 19.9 Å². The molecule has 3 N–H and O–H groups in total. The molecule has 2 fully saturated rings. The maximum Gasteiger partial charge on any atom is 0.271 e. The van der Waals surface area contributed by atoms with E-state index in [1.54, 1.807) is 31.7 Å². The molecule has 0 spiro atoms. The van der Waals surface area contributed by atoms with Gasteiger partial charge in [-0.3, -0.25) is 14.6 Å². The van der Waals surface area contributed by atoms with Crippen LogP contribution in [0.15, 0.2) is 41.6 Å². The number of pyridine rings is 1. The molecule has 2 aromatic rings. The van der Waals surface area contributed by atoms with Crippen LogP contribution in [-0.4, -0.2) is 71.1 Å². The molecule has 1 saturated carbocycles. The molecule has 0 radical (unpaired) electrons. The van der Waals surface area contributed by atoms with Crippen LogP contribution in [0.4, 0.5) is 11.5 Å². The third-order valence-electron chi connectivity index (χ3n) is 6.05. The number of H-pyrrole nitrogens is 1. The second-order valence-electron chi connectivity index (χ2n) is 9.10. The Balaban J connectivity index is 1.48. The Morgan fingerprint density at radius 3 is 2.82 bits per heavy atom. The Hall–Kier alpha value is -3.20. The van der Waals surface area contributed by atoms with Crippen molar-refractivity contribution in [3.63, 3.8) is 0 Å². The molecule has 33 heavy (non-hydrogen) atoms. The largest absolute Gasteiger partial charge is 0.372 e. The Bertz CT molecular complexity index is 1050. The lowest BCUT2D eigenvalue weighted by Crippen LogP contribution is -2.62. The average molecular weight is 452 g/mol. The van der Waals surface area contributed by atoms with Crippen LogP contribution in [0, 0.1) is 5.92 Å². The zero-order valence-electron chi connectivity index (χ0n) is 19.5. The number of rotatable bonds is 10. The summed E-state index contributed by atoms with van der Waals surface area (Å²) in [5.74, 6) is 1.29. The van der Waals surface area contributed by atoms with E-state index < -0.39 is 0 Å². The van der Waals surface area contributed by atoms with Crippen molar-refractivity contribution in [2.75, 3.05) is 43.4 Å². The summed E-state index contributed by atoms with van der Waals surface area (Å²) in [7, 11) is 1.79. The number of aromatic nitrogens is 3. The molecule has 176 valence electrons. The predicted molar refractivity (Wildman–Crippen MR) is 130 cm³/mol. The van der Waals surface area contributed by atoms with Crippen LogP contribution in [0.25, 0.3) is 11.3 Å².